The van der Waals surface area contributed by atoms with Gasteiger partial charge in [0, 0.05) is 38.3 Å². The normalized spacial score (nSPS) is 10.8. The molecule has 0 saturated carbocycles. The van der Waals surface area contributed by atoms with Gasteiger partial charge in [0.2, 0.25) is 17.6 Å². The smallest absolute Gasteiger partial charge is 0.238 e. The molecule has 30 heavy (non-hydrogen) atoms. The summed E-state index contributed by atoms with van der Waals surface area (Å²) in [5, 5.41) is 3.92. The minimum Gasteiger partial charge on any atom is -0.461 e. The first kappa shape index (κ1) is 19.6. The third-order valence-corrected chi connectivity index (χ3v) is 4.83. The minimum absolute atomic E-state index is 0.0138. The van der Waals surface area contributed by atoms with Crippen molar-refractivity contribution in [3.63, 3.8) is 0 Å². The fraction of sp³-hybridized carbons (Fsp3) is 0.217. The summed E-state index contributed by atoms with van der Waals surface area (Å²) >= 11 is 0. The van der Waals surface area contributed by atoms with E-state index in [-0.39, 0.29) is 12.3 Å². The molecule has 0 bridgehead atoms. The topological polar surface area (TPSA) is 85.3 Å². The number of hydrogen-bond donors (Lipinski definition) is 0. The first-order chi connectivity index (χ1) is 14.7. The maximum Gasteiger partial charge on any atom is 0.238 e. The molecule has 3 aromatic heterocycles. The standard InChI is InChI=1S/C23H22N4O3/c1-17-6-2-3-8-19(17)16-27(15-18-7-4-12-24-14-18)22(28)11-10-21-25-23(26-30-21)20-9-5-13-29-20/h2-9,12-14H,10-11,15-16H2,1H3. The Morgan fingerprint density at radius 1 is 1.07 bits per heavy atom. The van der Waals surface area contributed by atoms with E-state index in [2.05, 4.69) is 28.1 Å². The molecular weight excluding hydrogens is 380 g/mol. The number of nitrogens with zero attached hydrogens (tertiary/aromatic N) is 4. The quantitative estimate of drug-likeness (QED) is 0.439. The van der Waals surface area contributed by atoms with E-state index in [0.717, 1.165) is 16.7 Å². The van der Waals surface area contributed by atoms with Crippen molar-refractivity contribution in [3.05, 3.63) is 89.8 Å². The molecular formula is C23H22N4O3. The van der Waals surface area contributed by atoms with Gasteiger partial charge in [0.15, 0.2) is 5.76 Å². The number of rotatable bonds is 8. The van der Waals surface area contributed by atoms with Gasteiger partial charge in [-0.05, 0) is 41.8 Å². The van der Waals surface area contributed by atoms with Crippen LogP contribution in [0.4, 0.5) is 0 Å². The zero-order valence-electron chi connectivity index (χ0n) is 16.7. The summed E-state index contributed by atoms with van der Waals surface area (Å²) in [4.78, 5) is 23.4. The second-order valence-electron chi connectivity index (χ2n) is 7.03. The summed E-state index contributed by atoms with van der Waals surface area (Å²) in [6.07, 6.45) is 5.70. The molecule has 0 saturated heterocycles. The maximum atomic E-state index is 13.1. The molecule has 0 unspecified atom stereocenters. The van der Waals surface area contributed by atoms with Crippen LogP contribution in [0.2, 0.25) is 0 Å². The lowest BCUT2D eigenvalue weighted by Crippen LogP contribution is -2.30. The van der Waals surface area contributed by atoms with Crippen molar-refractivity contribution in [1.29, 1.82) is 0 Å². The van der Waals surface area contributed by atoms with E-state index in [4.69, 9.17) is 8.94 Å². The highest BCUT2D eigenvalue weighted by atomic mass is 16.5. The molecule has 0 radical (unpaired) electrons. The van der Waals surface area contributed by atoms with Gasteiger partial charge in [-0.3, -0.25) is 9.78 Å². The third-order valence-electron chi connectivity index (χ3n) is 4.83. The molecule has 0 N–H and O–H groups in total. The van der Waals surface area contributed by atoms with Crippen LogP contribution in [0.3, 0.4) is 0 Å². The fourth-order valence-corrected chi connectivity index (χ4v) is 3.17. The Bertz CT molecular complexity index is 1090. The molecule has 0 aliphatic rings. The van der Waals surface area contributed by atoms with Crippen LogP contribution >= 0.6 is 0 Å². The molecule has 152 valence electrons. The van der Waals surface area contributed by atoms with E-state index < -0.39 is 0 Å². The van der Waals surface area contributed by atoms with Crippen LogP contribution in [0, 0.1) is 6.92 Å². The first-order valence-electron chi connectivity index (χ1n) is 9.76. The average molecular weight is 402 g/mol. The molecule has 4 aromatic rings. The summed E-state index contributed by atoms with van der Waals surface area (Å²) in [6, 6.07) is 15.5. The van der Waals surface area contributed by atoms with E-state index in [1.54, 1.807) is 30.8 Å². The summed E-state index contributed by atoms with van der Waals surface area (Å²) in [5.74, 6) is 1.34. The van der Waals surface area contributed by atoms with Gasteiger partial charge in [0.1, 0.15) is 0 Å². The second-order valence-corrected chi connectivity index (χ2v) is 7.03. The van der Waals surface area contributed by atoms with E-state index in [1.165, 1.54) is 0 Å². The molecule has 1 aromatic carbocycles. The van der Waals surface area contributed by atoms with Crippen LogP contribution in [0.15, 0.2) is 76.1 Å². The lowest BCUT2D eigenvalue weighted by Gasteiger charge is -2.23. The minimum atomic E-state index is 0.0138. The number of carbonyl (C=O) groups is 1. The van der Waals surface area contributed by atoms with Gasteiger partial charge in [-0.1, -0.05) is 35.5 Å². The van der Waals surface area contributed by atoms with Gasteiger partial charge >= 0.3 is 0 Å². The maximum absolute atomic E-state index is 13.1. The lowest BCUT2D eigenvalue weighted by molar-refractivity contribution is -0.132. The molecule has 3 heterocycles. The Hall–Kier alpha value is -3.74. The zero-order valence-corrected chi connectivity index (χ0v) is 16.7. The van der Waals surface area contributed by atoms with E-state index in [9.17, 15) is 4.79 Å². The molecule has 0 aliphatic carbocycles. The van der Waals surface area contributed by atoms with Crippen molar-refractivity contribution in [2.75, 3.05) is 0 Å². The Kier molecular flexibility index (Phi) is 5.98. The SMILES string of the molecule is Cc1ccccc1CN(Cc1cccnc1)C(=O)CCc1nc(-c2ccco2)no1. The molecule has 7 heteroatoms. The second kappa shape index (κ2) is 9.17. The molecule has 0 fully saturated rings. The summed E-state index contributed by atoms with van der Waals surface area (Å²) in [7, 11) is 0. The number of amides is 1. The Morgan fingerprint density at radius 2 is 1.97 bits per heavy atom. The van der Waals surface area contributed by atoms with Crippen molar-refractivity contribution >= 4 is 5.91 Å². The van der Waals surface area contributed by atoms with E-state index >= 15 is 0 Å². The molecule has 0 aliphatic heterocycles. The van der Waals surface area contributed by atoms with Crippen LogP contribution < -0.4 is 0 Å². The van der Waals surface area contributed by atoms with Crippen molar-refractivity contribution in [2.24, 2.45) is 0 Å². The van der Waals surface area contributed by atoms with Gasteiger partial charge in [0.25, 0.3) is 0 Å². The van der Waals surface area contributed by atoms with Gasteiger partial charge in [-0.15, -0.1) is 0 Å². The van der Waals surface area contributed by atoms with Gasteiger partial charge < -0.3 is 13.8 Å². The number of aryl methyl sites for hydroxylation is 2. The number of carbonyl (C=O) groups excluding carboxylic acids is 1. The van der Waals surface area contributed by atoms with Crippen molar-refractivity contribution in [2.45, 2.75) is 32.9 Å². The molecule has 0 spiro atoms. The van der Waals surface area contributed by atoms with Crippen LogP contribution in [-0.4, -0.2) is 25.9 Å². The monoisotopic (exact) mass is 402 g/mol. The Morgan fingerprint density at radius 3 is 2.73 bits per heavy atom. The van der Waals surface area contributed by atoms with Crippen LogP contribution in [-0.2, 0) is 24.3 Å². The highest BCUT2D eigenvalue weighted by Gasteiger charge is 2.18. The summed E-state index contributed by atoms with van der Waals surface area (Å²) in [5.41, 5.74) is 3.26. The number of furan rings is 1. The number of pyridine rings is 1. The highest BCUT2D eigenvalue weighted by Crippen LogP contribution is 2.18. The fourth-order valence-electron chi connectivity index (χ4n) is 3.17. The van der Waals surface area contributed by atoms with Gasteiger partial charge in [-0.25, -0.2) is 0 Å². The third kappa shape index (κ3) is 4.81. The Balaban J connectivity index is 1.45. The Labute approximate surface area is 174 Å². The van der Waals surface area contributed by atoms with Crippen LogP contribution in [0.25, 0.3) is 11.6 Å². The number of aromatic nitrogens is 3. The van der Waals surface area contributed by atoms with Crippen molar-refractivity contribution < 1.29 is 13.7 Å². The zero-order chi connectivity index (χ0) is 20.8. The first-order valence-corrected chi connectivity index (χ1v) is 9.76. The molecule has 4 rings (SSSR count). The largest absolute Gasteiger partial charge is 0.461 e. The lowest BCUT2D eigenvalue weighted by atomic mass is 10.1. The average Bonchev–Trinajstić information content (AvgIpc) is 3.46. The van der Waals surface area contributed by atoms with Gasteiger partial charge in [0.05, 0.1) is 6.26 Å². The predicted molar refractivity (Wildman–Crippen MR) is 110 cm³/mol. The van der Waals surface area contributed by atoms with Crippen LogP contribution in [0.1, 0.15) is 29.0 Å². The number of benzene rings is 1. The predicted octanol–water partition coefficient (Wildman–Crippen LogP) is 4.19. The molecule has 1 amide bonds. The van der Waals surface area contributed by atoms with Crippen molar-refractivity contribution in [1.82, 2.24) is 20.0 Å². The molecule has 0 atom stereocenters. The van der Waals surface area contributed by atoms with E-state index in [0.29, 0.717) is 37.0 Å². The van der Waals surface area contributed by atoms with Crippen molar-refractivity contribution in [3.8, 4) is 11.6 Å². The van der Waals surface area contributed by atoms with Gasteiger partial charge in [-0.2, -0.15) is 4.98 Å². The summed E-state index contributed by atoms with van der Waals surface area (Å²) < 4.78 is 10.5. The molecule has 7 nitrogen and oxygen atoms in total. The van der Waals surface area contributed by atoms with E-state index in [1.807, 2.05) is 35.2 Å². The highest BCUT2D eigenvalue weighted by molar-refractivity contribution is 5.76. The number of hydrogen-bond acceptors (Lipinski definition) is 6. The summed E-state index contributed by atoms with van der Waals surface area (Å²) in [6.45, 7) is 3.07. The van der Waals surface area contributed by atoms with Crippen LogP contribution in [0.5, 0.6) is 0 Å².